The first-order valence-electron chi connectivity index (χ1n) is 4.46. The Morgan fingerprint density at radius 3 is 2.50 bits per heavy atom. The van der Waals surface area contributed by atoms with E-state index < -0.39 is 0 Å². The number of nitrogens with zero attached hydrogens (tertiary/aromatic N) is 1. The van der Waals surface area contributed by atoms with Crippen molar-refractivity contribution in [1.82, 2.24) is 4.98 Å². The predicted octanol–water partition coefficient (Wildman–Crippen LogP) is 2.76. The van der Waals surface area contributed by atoms with Crippen molar-refractivity contribution in [1.29, 1.82) is 0 Å². The van der Waals surface area contributed by atoms with Gasteiger partial charge in [-0.3, -0.25) is 4.98 Å². The van der Waals surface area contributed by atoms with E-state index in [1.54, 1.807) is 13.3 Å². The molecule has 0 aliphatic heterocycles. The molecule has 0 saturated heterocycles. The van der Waals surface area contributed by atoms with E-state index in [0.717, 1.165) is 17.0 Å². The maximum Gasteiger partial charge on any atom is 0.128 e. The van der Waals surface area contributed by atoms with Crippen LogP contribution in [0.1, 0.15) is 0 Å². The first-order valence-corrected chi connectivity index (χ1v) is 4.46. The summed E-state index contributed by atoms with van der Waals surface area (Å²) in [7, 11) is 1.67. The average molecular weight is 185 g/mol. The maximum absolute atomic E-state index is 5.26. The zero-order valence-corrected chi connectivity index (χ0v) is 7.97. The molecule has 0 aliphatic carbocycles. The molecule has 0 spiro atoms. The summed E-state index contributed by atoms with van der Waals surface area (Å²) < 4.78 is 5.26. The van der Waals surface area contributed by atoms with E-state index in [-0.39, 0.29) is 0 Å². The maximum atomic E-state index is 5.26. The normalized spacial score (nSPS) is 9.79. The van der Waals surface area contributed by atoms with Crippen LogP contribution in [0.2, 0.25) is 0 Å². The van der Waals surface area contributed by atoms with Gasteiger partial charge in [-0.05, 0) is 24.3 Å². The molecule has 2 rings (SSSR count). The molecule has 70 valence electrons. The molecule has 0 radical (unpaired) electrons. The van der Waals surface area contributed by atoms with Crippen molar-refractivity contribution in [3.8, 4) is 17.0 Å². The third-order valence-corrected chi connectivity index (χ3v) is 2.05. The number of para-hydroxylation sites is 1. The molecule has 2 heteroatoms. The average Bonchev–Trinajstić information content (AvgIpc) is 2.30. The van der Waals surface area contributed by atoms with E-state index in [4.69, 9.17) is 4.74 Å². The summed E-state index contributed by atoms with van der Waals surface area (Å²) in [6.45, 7) is 0. The van der Waals surface area contributed by atoms with Crippen molar-refractivity contribution >= 4 is 0 Å². The van der Waals surface area contributed by atoms with E-state index in [1.807, 2.05) is 42.5 Å². The van der Waals surface area contributed by atoms with Crippen LogP contribution >= 0.6 is 0 Å². The summed E-state index contributed by atoms with van der Waals surface area (Å²) in [5.41, 5.74) is 1.96. The Labute approximate surface area is 83.2 Å². The highest BCUT2D eigenvalue weighted by Gasteiger charge is 2.03. The highest BCUT2D eigenvalue weighted by molar-refractivity contribution is 5.66. The minimum atomic E-state index is 0.853. The lowest BCUT2D eigenvalue weighted by Gasteiger charge is -2.06. The summed E-state index contributed by atoms with van der Waals surface area (Å²) >= 11 is 0. The van der Waals surface area contributed by atoms with Gasteiger partial charge >= 0.3 is 0 Å². The first kappa shape index (κ1) is 8.75. The standard InChI is InChI=1S/C12H11NO/c1-14-12-8-3-2-6-10(12)11-7-4-5-9-13-11/h2-9H,1H3. The molecule has 0 N–H and O–H groups in total. The predicted molar refractivity (Wildman–Crippen MR) is 56.2 cm³/mol. The molecule has 0 aliphatic rings. The number of benzene rings is 1. The Hall–Kier alpha value is -1.83. The van der Waals surface area contributed by atoms with E-state index in [9.17, 15) is 0 Å². The molecule has 2 nitrogen and oxygen atoms in total. The van der Waals surface area contributed by atoms with Crippen LogP contribution in [-0.4, -0.2) is 12.1 Å². The van der Waals surface area contributed by atoms with Crippen LogP contribution < -0.4 is 4.74 Å². The number of pyridine rings is 1. The van der Waals surface area contributed by atoms with Crippen LogP contribution in [0.15, 0.2) is 48.7 Å². The van der Waals surface area contributed by atoms with Gasteiger partial charge in [-0.25, -0.2) is 0 Å². The Kier molecular flexibility index (Phi) is 2.45. The molecule has 0 unspecified atom stereocenters. The monoisotopic (exact) mass is 185 g/mol. The van der Waals surface area contributed by atoms with Gasteiger partial charge in [0, 0.05) is 11.8 Å². The van der Waals surface area contributed by atoms with Gasteiger partial charge in [-0.15, -0.1) is 0 Å². The minimum absolute atomic E-state index is 0.853. The van der Waals surface area contributed by atoms with Crippen molar-refractivity contribution < 1.29 is 4.74 Å². The molecular weight excluding hydrogens is 174 g/mol. The second kappa shape index (κ2) is 3.92. The summed E-state index contributed by atoms with van der Waals surface area (Å²) in [6.07, 6.45) is 1.78. The lowest BCUT2D eigenvalue weighted by molar-refractivity contribution is 0.416. The van der Waals surface area contributed by atoms with Gasteiger partial charge in [-0.1, -0.05) is 18.2 Å². The van der Waals surface area contributed by atoms with Gasteiger partial charge in [0.2, 0.25) is 0 Å². The number of methoxy groups -OCH3 is 1. The van der Waals surface area contributed by atoms with Crippen LogP contribution in [-0.2, 0) is 0 Å². The molecule has 1 heterocycles. The molecular formula is C12H11NO. The third-order valence-electron chi connectivity index (χ3n) is 2.05. The molecule has 2 aromatic rings. The van der Waals surface area contributed by atoms with Gasteiger partial charge in [-0.2, -0.15) is 0 Å². The summed E-state index contributed by atoms with van der Waals surface area (Å²) in [5.74, 6) is 0.853. The Balaban J connectivity index is 2.51. The van der Waals surface area contributed by atoms with E-state index in [1.165, 1.54) is 0 Å². The lowest BCUT2D eigenvalue weighted by Crippen LogP contribution is -1.88. The van der Waals surface area contributed by atoms with Crippen LogP contribution in [0.25, 0.3) is 11.3 Å². The Bertz CT molecular complexity index is 412. The van der Waals surface area contributed by atoms with Gasteiger partial charge in [0.15, 0.2) is 0 Å². The molecule has 0 fully saturated rings. The van der Waals surface area contributed by atoms with Gasteiger partial charge in [0.25, 0.3) is 0 Å². The van der Waals surface area contributed by atoms with Crippen molar-refractivity contribution in [2.75, 3.05) is 7.11 Å². The largest absolute Gasteiger partial charge is 0.496 e. The number of ether oxygens (including phenoxy) is 1. The molecule has 1 aromatic heterocycles. The summed E-state index contributed by atoms with van der Waals surface area (Å²) in [6, 6.07) is 13.7. The number of hydrogen-bond donors (Lipinski definition) is 0. The number of rotatable bonds is 2. The summed E-state index contributed by atoms with van der Waals surface area (Å²) in [4.78, 5) is 4.28. The van der Waals surface area contributed by atoms with Gasteiger partial charge < -0.3 is 4.74 Å². The zero-order chi connectivity index (χ0) is 9.80. The quantitative estimate of drug-likeness (QED) is 0.717. The van der Waals surface area contributed by atoms with E-state index >= 15 is 0 Å². The van der Waals surface area contributed by atoms with E-state index in [0.29, 0.717) is 0 Å². The molecule has 0 atom stereocenters. The van der Waals surface area contributed by atoms with Crippen LogP contribution in [0, 0.1) is 0 Å². The van der Waals surface area contributed by atoms with Gasteiger partial charge in [0.1, 0.15) is 5.75 Å². The Morgan fingerprint density at radius 1 is 1.00 bits per heavy atom. The van der Waals surface area contributed by atoms with Crippen LogP contribution in [0.4, 0.5) is 0 Å². The van der Waals surface area contributed by atoms with Gasteiger partial charge in [0.05, 0.1) is 12.8 Å². The van der Waals surface area contributed by atoms with E-state index in [2.05, 4.69) is 4.98 Å². The minimum Gasteiger partial charge on any atom is -0.496 e. The fourth-order valence-electron chi connectivity index (χ4n) is 1.38. The number of hydrogen-bond acceptors (Lipinski definition) is 2. The fourth-order valence-corrected chi connectivity index (χ4v) is 1.38. The van der Waals surface area contributed by atoms with Crippen molar-refractivity contribution in [2.24, 2.45) is 0 Å². The molecule has 0 saturated carbocycles. The molecule has 0 bridgehead atoms. The van der Waals surface area contributed by atoms with Crippen molar-refractivity contribution in [3.63, 3.8) is 0 Å². The highest BCUT2D eigenvalue weighted by Crippen LogP contribution is 2.27. The topological polar surface area (TPSA) is 22.1 Å². The zero-order valence-electron chi connectivity index (χ0n) is 7.97. The van der Waals surface area contributed by atoms with Crippen LogP contribution in [0.5, 0.6) is 5.75 Å². The molecule has 14 heavy (non-hydrogen) atoms. The molecule has 0 amide bonds. The summed E-state index contributed by atoms with van der Waals surface area (Å²) in [5, 5.41) is 0. The Morgan fingerprint density at radius 2 is 1.79 bits per heavy atom. The van der Waals surface area contributed by atoms with Crippen molar-refractivity contribution in [2.45, 2.75) is 0 Å². The fraction of sp³-hybridized carbons (Fsp3) is 0.0833. The van der Waals surface area contributed by atoms with Crippen molar-refractivity contribution in [3.05, 3.63) is 48.7 Å². The van der Waals surface area contributed by atoms with Crippen LogP contribution in [0.3, 0.4) is 0 Å². The number of aromatic nitrogens is 1. The first-order chi connectivity index (χ1) is 6.92. The smallest absolute Gasteiger partial charge is 0.128 e. The third kappa shape index (κ3) is 1.59. The SMILES string of the molecule is COc1ccccc1-c1ccccn1. The second-order valence-electron chi connectivity index (χ2n) is 2.92. The lowest BCUT2D eigenvalue weighted by atomic mass is 10.1. The second-order valence-corrected chi connectivity index (χ2v) is 2.92. The molecule has 1 aromatic carbocycles. The highest BCUT2D eigenvalue weighted by atomic mass is 16.5.